The minimum atomic E-state index is -1.11. The molecule has 1 rings (SSSR count). The van der Waals surface area contributed by atoms with Crippen LogP contribution >= 0.6 is 0 Å². The second-order valence-electron chi connectivity index (χ2n) is 8.61. The summed E-state index contributed by atoms with van der Waals surface area (Å²) in [6, 6.07) is 9.71. The predicted octanol–water partition coefficient (Wildman–Crippen LogP) is 6.63. The van der Waals surface area contributed by atoms with E-state index >= 15 is 0 Å². The maximum Gasteiger partial charge on any atom is 0.119 e. The van der Waals surface area contributed by atoms with Crippen molar-refractivity contribution >= 4 is 22.2 Å². The molecular formula is C20H34OSi2. The van der Waals surface area contributed by atoms with Crippen molar-refractivity contribution < 1.29 is 4.74 Å². The number of rotatable bonds is 8. The fourth-order valence-corrected chi connectivity index (χ4v) is 4.20. The molecule has 1 aromatic rings. The molecule has 0 aliphatic heterocycles. The molecule has 0 bridgehead atoms. The summed E-state index contributed by atoms with van der Waals surface area (Å²) in [6.07, 6.45) is 7.04. The fraction of sp³-hybridized carbons (Fsp3) is 0.500. The highest BCUT2D eigenvalue weighted by Gasteiger charge is 2.13. The first-order valence-corrected chi connectivity index (χ1v) is 15.9. The summed E-state index contributed by atoms with van der Waals surface area (Å²) in [7, 11) is -0.393. The summed E-state index contributed by atoms with van der Waals surface area (Å²) in [6.45, 7) is 14.5. The van der Waals surface area contributed by atoms with Crippen molar-refractivity contribution in [3.8, 4) is 5.75 Å². The van der Waals surface area contributed by atoms with Crippen LogP contribution in [0.3, 0.4) is 0 Å². The van der Waals surface area contributed by atoms with Crippen LogP contribution in [0.15, 0.2) is 41.6 Å². The molecule has 0 aromatic heterocycles. The van der Waals surface area contributed by atoms with E-state index < -0.39 is 16.1 Å². The van der Waals surface area contributed by atoms with Crippen LogP contribution in [0.2, 0.25) is 45.3 Å². The molecule has 0 saturated carbocycles. The van der Waals surface area contributed by atoms with Crippen LogP contribution in [0.4, 0.5) is 0 Å². The maximum absolute atomic E-state index is 5.35. The molecular weight excluding hydrogens is 312 g/mol. The lowest BCUT2D eigenvalue weighted by Gasteiger charge is -2.17. The standard InChI is InChI=1S/C20H34OSi2/c1-21-20-12-8-10-19(17-20)16-18(13-15-23(5,6)7)11-9-14-22(2,3)4/h8-10,12,14,16-17H,11,13,15H2,1-7H3/b14-9+,18-16-. The Balaban J connectivity index is 2.92. The first kappa shape index (κ1) is 20.0. The summed E-state index contributed by atoms with van der Waals surface area (Å²) in [5.74, 6) is 0.931. The summed E-state index contributed by atoms with van der Waals surface area (Å²) >= 11 is 0. The van der Waals surface area contributed by atoms with Crippen LogP contribution in [-0.4, -0.2) is 23.3 Å². The zero-order chi connectivity index (χ0) is 17.5. The molecule has 0 amide bonds. The smallest absolute Gasteiger partial charge is 0.119 e. The number of hydrogen-bond donors (Lipinski definition) is 0. The Kier molecular flexibility index (Phi) is 7.55. The molecule has 128 valence electrons. The second-order valence-corrected chi connectivity index (χ2v) is 19.3. The van der Waals surface area contributed by atoms with E-state index in [2.05, 4.69) is 75.3 Å². The van der Waals surface area contributed by atoms with E-state index in [1.807, 2.05) is 6.07 Å². The van der Waals surface area contributed by atoms with Gasteiger partial charge in [-0.25, -0.2) is 0 Å². The van der Waals surface area contributed by atoms with Gasteiger partial charge in [-0.2, -0.15) is 0 Å². The Morgan fingerprint density at radius 2 is 1.78 bits per heavy atom. The van der Waals surface area contributed by atoms with Gasteiger partial charge < -0.3 is 4.74 Å². The zero-order valence-corrected chi connectivity index (χ0v) is 18.1. The number of methoxy groups -OCH3 is 1. The molecule has 0 fully saturated rings. The Morgan fingerprint density at radius 3 is 2.35 bits per heavy atom. The first-order chi connectivity index (χ1) is 10.6. The molecule has 0 N–H and O–H groups in total. The van der Waals surface area contributed by atoms with Crippen LogP contribution in [0, 0.1) is 0 Å². The third-order valence-corrected chi connectivity index (χ3v) is 6.64. The Morgan fingerprint density at radius 1 is 1.09 bits per heavy atom. The van der Waals surface area contributed by atoms with E-state index in [0.717, 1.165) is 12.2 Å². The van der Waals surface area contributed by atoms with Gasteiger partial charge in [0.25, 0.3) is 0 Å². The lowest BCUT2D eigenvalue weighted by molar-refractivity contribution is 0.414. The first-order valence-electron chi connectivity index (χ1n) is 8.60. The SMILES string of the molecule is COc1cccc(/C=C(/C/C=C/[Si](C)(C)C)CC[Si](C)(C)C)c1. The Bertz CT molecular complexity index is 545. The average Bonchev–Trinajstić information content (AvgIpc) is 2.42. The molecule has 0 atom stereocenters. The van der Waals surface area contributed by atoms with Gasteiger partial charge in [-0.15, -0.1) is 0 Å². The predicted molar refractivity (Wildman–Crippen MR) is 111 cm³/mol. The topological polar surface area (TPSA) is 9.23 Å². The molecule has 0 aliphatic rings. The monoisotopic (exact) mass is 346 g/mol. The summed E-state index contributed by atoms with van der Waals surface area (Å²) in [5, 5.41) is 0. The maximum atomic E-state index is 5.35. The molecule has 0 radical (unpaired) electrons. The highest BCUT2D eigenvalue weighted by atomic mass is 28.3. The van der Waals surface area contributed by atoms with Crippen LogP contribution in [0.1, 0.15) is 18.4 Å². The van der Waals surface area contributed by atoms with E-state index in [9.17, 15) is 0 Å². The van der Waals surface area contributed by atoms with Crippen molar-refractivity contribution in [1.82, 2.24) is 0 Å². The Hall–Kier alpha value is -1.07. The third-order valence-electron chi connectivity index (χ3n) is 3.66. The normalized spacial score (nSPS) is 13.6. The van der Waals surface area contributed by atoms with E-state index in [1.54, 1.807) is 7.11 Å². The molecule has 1 nitrogen and oxygen atoms in total. The van der Waals surface area contributed by atoms with Crippen LogP contribution in [0.5, 0.6) is 5.75 Å². The lowest BCUT2D eigenvalue weighted by Crippen LogP contribution is -2.19. The fourth-order valence-electron chi connectivity index (χ4n) is 2.30. The molecule has 1 aromatic carbocycles. The van der Waals surface area contributed by atoms with Crippen molar-refractivity contribution in [2.45, 2.75) is 58.2 Å². The van der Waals surface area contributed by atoms with E-state index in [-0.39, 0.29) is 0 Å². The van der Waals surface area contributed by atoms with E-state index in [1.165, 1.54) is 23.6 Å². The average molecular weight is 347 g/mol. The molecule has 0 unspecified atom stereocenters. The summed E-state index contributed by atoms with van der Waals surface area (Å²) in [5.41, 5.74) is 5.24. The second kappa shape index (κ2) is 8.69. The number of benzene rings is 1. The van der Waals surface area contributed by atoms with Gasteiger partial charge in [-0.3, -0.25) is 0 Å². The number of ether oxygens (including phenoxy) is 1. The lowest BCUT2D eigenvalue weighted by atomic mass is 10.1. The molecule has 0 aliphatic carbocycles. The quantitative estimate of drug-likeness (QED) is 0.480. The summed E-state index contributed by atoms with van der Waals surface area (Å²) < 4.78 is 5.35. The van der Waals surface area contributed by atoms with Gasteiger partial charge in [-0.1, -0.05) is 80.9 Å². The van der Waals surface area contributed by atoms with Gasteiger partial charge >= 0.3 is 0 Å². The zero-order valence-electron chi connectivity index (χ0n) is 16.1. The molecule has 0 heterocycles. The van der Waals surface area contributed by atoms with Gasteiger partial charge in [0.15, 0.2) is 0 Å². The number of hydrogen-bond acceptors (Lipinski definition) is 1. The molecule has 23 heavy (non-hydrogen) atoms. The Labute approximate surface area is 145 Å². The van der Waals surface area contributed by atoms with Crippen LogP contribution in [-0.2, 0) is 0 Å². The largest absolute Gasteiger partial charge is 0.497 e. The minimum Gasteiger partial charge on any atom is -0.497 e. The molecule has 0 saturated heterocycles. The van der Waals surface area contributed by atoms with Crippen LogP contribution in [0.25, 0.3) is 6.08 Å². The van der Waals surface area contributed by atoms with Gasteiger partial charge in [0.2, 0.25) is 0 Å². The van der Waals surface area contributed by atoms with Crippen LogP contribution < -0.4 is 4.74 Å². The highest BCUT2D eigenvalue weighted by Crippen LogP contribution is 2.23. The van der Waals surface area contributed by atoms with Crippen molar-refractivity contribution in [1.29, 1.82) is 0 Å². The van der Waals surface area contributed by atoms with Crippen molar-refractivity contribution in [2.24, 2.45) is 0 Å². The van der Waals surface area contributed by atoms with Gasteiger partial charge in [-0.05, 0) is 30.5 Å². The van der Waals surface area contributed by atoms with Gasteiger partial charge in [0, 0.05) is 8.07 Å². The van der Waals surface area contributed by atoms with Gasteiger partial charge in [0.1, 0.15) is 5.75 Å². The van der Waals surface area contributed by atoms with Gasteiger partial charge in [0.05, 0.1) is 15.2 Å². The molecule has 3 heteroatoms. The third kappa shape index (κ3) is 9.62. The van der Waals surface area contributed by atoms with E-state index in [4.69, 9.17) is 4.74 Å². The van der Waals surface area contributed by atoms with Crippen molar-refractivity contribution in [2.75, 3.05) is 7.11 Å². The van der Waals surface area contributed by atoms with E-state index in [0.29, 0.717) is 0 Å². The van der Waals surface area contributed by atoms with Crippen molar-refractivity contribution in [3.63, 3.8) is 0 Å². The summed E-state index contributed by atoms with van der Waals surface area (Å²) in [4.78, 5) is 0. The van der Waals surface area contributed by atoms with Crippen molar-refractivity contribution in [3.05, 3.63) is 47.2 Å². The number of allylic oxidation sites excluding steroid dienone is 2. The highest BCUT2D eigenvalue weighted by molar-refractivity contribution is 6.80. The molecule has 0 spiro atoms. The minimum absolute atomic E-state index is 0.931.